The number of aromatic carboxylic acids is 1. The number of hydrogen-bond acceptors (Lipinski definition) is 6. The Kier molecular flexibility index (Phi) is 5.67. The van der Waals surface area contributed by atoms with E-state index in [0.29, 0.717) is 24.6 Å². The van der Waals surface area contributed by atoms with E-state index in [2.05, 4.69) is 15.5 Å². The van der Waals surface area contributed by atoms with Crippen molar-refractivity contribution >= 4 is 11.9 Å². The van der Waals surface area contributed by atoms with Crippen LogP contribution in [-0.4, -0.2) is 47.9 Å². The van der Waals surface area contributed by atoms with Gasteiger partial charge in [-0.15, -0.1) is 10.2 Å². The molecular formula is C16H17N3O5. The summed E-state index contributed by atoms with van der Waals surface area (Å²) in [5.41, 5.74) is 1.13. The van der Waals surface area contributed by atoms with E-state index in [4.69, 9.17) is 14.6 Å². The molecule has 1 aromatic heterocycles. The summed E-state index contributed by atoms with van der Waals surface area (Å²) >= 11 is 0. The minimum Gasteiger partial charge on any atom is -0.496 e. The molecule has 0 radical (unpaired) electrons. The Morgan fingerprint density at radius 3 is 2.50 bits per heavy atom. The van der Waals surface area contributed by atoms with E-state index in [1.165, 1.54) is 32.4 Å². The summed E-state index contributed by atoms with van der Waals surface area (Å²) in [6.45, 7) is 0.343. The van der Waals surface area contributed by atoms with Crippen molar-refractivity contribution in [2.24, 2.45) is 0 Å². The van der Waals surface area contributed by atoms with Gasteiger partial charge in [-0.3, -0.25) is 4.79 Å². The third kappa shape index (κ3) is 4.19. The van der Waals surface area contributed by atoms with Crippen molar-refractivity contribution in [2.75, 3.05) is 20.8 Å². The molecule has 1 amide bonds. The first-order chi connectivity index (χ1) is 11.5. The maximum atomic E-state index is 12.0. The zero-order valence-electron chi connectivity index (χ0n) is 13.3. The lowest BCUT2D eigenvalue weighted by molar-refractivity contribution is 0.0696. The van der Waals surface area contributed by atoms with Crippen LogP contribution in [0.1, 0.15) is 26.4 Å². The van der Waals surface area contributed by atoms with Crippen LogP contribution in [0.5, 0.6) is 11.6 Å². The second-order valence-electron chi connectivity index (χ2n) is 4.80. The first-order valence-corrected chi connectivity index (χ1v) is 7.11. The van der Waals surface area contributed by atoms with Crippen molar-refractivity contribution in [3.63, 3.8) is 0 Å². The third-order valence-corrected chi connectivity index (χ3v) is 3.30. The Labute approximate surface area is 138 Å². The summed E-state index contributed by atoms with van der Waals surface area (Å²) in [6, 6.07) is 7.69. The Hall–Kier alpha value is -3.16. The fourth-order valence-electron chi connectivity index (χ4n) is 2.04. The summed E-state index contributed by atoms with van der Waals surface area (Å²) in [4.78, 5) is 22.9. The van der Waals surface area contributed by atoms with E-state index in [1.807, 2.05) is 0 Å². The number of carbonyl (C=O) groups excluding carboxylic acids is 1. The number of carboxylic acids is 1. The van der Waals surface area contributed by atoms with Gasteiger partial charge in [-0.2, -0.15) is 0 Å². The molecule has 0 aliphatic carbocycles. The summed E-state index contributed by atoms with van der Waals surface area (Å²) in [5, 5.41) is 19.2. The number of aromatic nitrogens is 2. The monoisotopic (exact) mass is 331 g/mol. The summed E-state index contributed by atoms with van der Waals surface area (Å²) in [6.07, 6.45) is 0.485. The summed E-state index contributed by atoms with van der Waals surface area (Å²) in [7, 11) is 2.93. The van der Waals surface area contributed by atoms with Crippen molar-refractivity contribution in [3.8, 4) is 11.6 Å². The number of nitrogens with zero attached hydrogens (tertiary/aromatic N) is 2. The molecule has 8 nitrogen and oxygen atoms in total. The fraction of sp³-hybridized carbons (Fsp3) is 0.250. The van der Waals surface area contributed by atoms with Crippen LogP contribution in [0, 0.1) is 0 Å². The van der Waals surface area contributed by atoms with Gasteiger partial charge in [0.05, 0.1) is 19.8 Å². The molecule has 0 aliphatic heterocycles. The quantitative estimate of drug-likeness (QED) is 0.783. The number of carboxylic acid groups (broad SMARTS) is 1. The molecule has 8 heteroatoms. The molecule has 0 fully saturated rings. The molecule has 0 saturated heterocycles. The van der Waals surface area contributed by atoms with Crippen LogP contribution in [0.15, 0.2) is 30.3 Å². The van der Waals surface area contributed by atoms with Gasteiger partial charge in [0, 0.05) is 12.6 Å². The lowest BCUT2D eigenvalue weighted by Gasteiger charge is -2.10. The average molecular weight is 331 g/mol. The van der Waals surface area contributed by atoms with Gasteiger partial charge >= 0.3 is 5.97 Å². The number of benzene rings is 1. The SMILES string of the molecule is COc1ccc(C(=O)NCCc2ccc(C(=O)O)cc2OC)nn1. The second kappa shape index (κ2) is 7.91. The van der Waals surface area contributed by atoms with E-state index in [0.717, 1.165) is 5.56 Å². The highest BCUT2D eigenvalue weighted by Gasteiger charge is 2.11. The normalized spacial score (nSPS) is 10.1. The van der Waals surface area contributed by atoms with Crippen molar-refractivity contribution in [3.05, 3.63) is 47.2 Å². The lowest BCUT2D eigenvalue weighted by Crippen LogP contribution is -2.26. The number of nitrogens with one attached hydrogen (secondary N) is 1. The molecule has 2 aromatic rings. The van der Waals surface area contributed by atoms with Crippen LogP contribution in [0.3, 0.4) is 0 Å². The topological polar surface area (TPSA) is 111 Å². The van der Waals surface area contributed by atoms with Crippen molar-refractivity contribution in [1.29, 1.82) is 0 Å². The molecule has 0 bridgehead atoms. The van der Waals surface area contributed by atoms with Gasteiger partial charge in [-0.05, 0) is 30.2 Å². The molecule has 2 N–H and O–H groups in total. The molecule has 1 aromatic carbocycles. The second-order valence-corrected chi connectivity index (χ2v) is 4.80. The highest BCUT2D eigenvalue weighted by molar-refractivity contribution is 5.92. The molecule has 0 atom stereocenters. The van der Waals surface area contributed by atoms with Crippen LogP contribution < -0.4 is 14.8 Å². The summed E-state index contributed by atoms with van der Waals surface area (Å²) in [5.74, 6) is -0.583. The predicted molar refractivity (Wildman–Crippen MR) is 84.6 cm³/mol. The van der Waals surface area contributed by atoms with E-state index in [-0.39, 0.29) is 17.2 Å². The average Bonchev–Trinajstić information content (AvgIpc) is 2.61. The molecule has 126 valence electrons. The molecule has 0 saturated carbocycles. The number of hydrogen-bond donors (Lipinski definition) is 2. The van der Waals surface area contributed by atoms with Crippen LogP contribution in [0.25, 0.3) is 0 Å². The molecule has 1 heterocycles. The smallest absolute Gasteiger partial charge is 0.335 e. The molecular weight excluding hydrogens is 314 g/mol. The van der Waals surface area contributed by atoms with Crippen LogP contribution >= 0.6 is 0 Å². The predicted octanol–water partition coefficient (Wildman–Crippen LogP) is 1.16. The maximum absolute atomic E-state index is 12.0. The number of amides is 1. The number of ether oxygens (including phenoxy) is 2. The largest absolute Gasteiger partial charge is 0.496 e. The Morgan fingerprint density at radius 1 is 1.12 bits per heavy atom. The molecule has 0 aliphatic rings. The van der Waals surface area contributed by atoms with Crippen LogP contribution in [-0.2, 0) is 6.42 Å². The number of rotatable bonds is 7. The van der Waals surface area contributed by atoms with Gasteiger partial charge in [0.25, 0.3) is 5.91 Å². The fourth-order valence-corrected chi connectivity index (χ4v) is 2.04. The Morgan fingerprint density at radius 2 is 1.92 bits per heavy atom. The minimum atomic E-state index is -1.02. The van der Waals surface area contributed by atoms with E-state index in [1.54, 1.807) is 12.1 Å². The molecule has 0 unspecified atom stereocenters. The maximum Gasteiger partial charge on any atom is 0.335 e. The van der Waals surface area contributed by atoms with Crippen molar-refractivity contribution in [1.82, 2.24) is 15.5 Å². The Bertz CT molecular complexity index is 731. The van der Waals surface area contributed by atoms with Crippen LogP contribution in [0.4, 0.5) is 0 Å². The molecule has 24 heavy (non-hydrogen) atoms. The third-order valence-electron chi connectivity index (χ3n) is 3.30. The van der Waals surface area contributed by atoms with E-state index in [9.17, 15) is 9.59 Å². The zero-order valence-corrected chi connectivity index (χ0v) is 13.3. The highest BCUT2D eigenvalue weighted by atomic mass is 16.5. The molecule has 2 rings (SSSR count). The van der Waals surface area contributed by atoms with Crippen molar-refractivity contribution < 1.29 is 24.2 Å². The lowest BCUT2D eigenvalue weighted by atomic mass is 10.1. The van der Waals surface area contributed by atoms with Gasteiger partial charge in [0.15, 0.2) is 5.69 Å². The van der Waals surface area contributed by atoms with E-state index >= 15 is 0 Å². The first-order valence-electron chi connectivity index (χ1n) is 7.11. The van der Waals surface area contributed by atoms with E-state index < -0.39 is 5.97 Å². The summed E-state index contributed by atoms with van der Waals surface area (Å²) < 4.78 is 10.1. The minimum absolute atomic E-state index is 0.146. The van der Waals surface area contributed by atoms with Gasteiger partial charge < -0.3 is 19.9 Å². The Balaban J connectivity index is 1.95. The van der Waals surface area contributed by atoms with Gasteiger partial charge in [-0.1, -0.05) is 6.07 Å². The number of methoxy groups -OCH3 is 2. The van der Waals surface area contributed by atoms with Gasteiger partial charge in [0.1, 0.15) is 5.75 Å². The van der Waals surface area contributed by atoms with Gasteiger partial charge in [0.2, 0.25) is 5.88 Å². The number of carbonyl (C=O) groups is 2. The zero-order chi connectivity index (χ0) is 17.5. The molecule has 0 spiro atoms. The van der Waals surface area contributed by atoms with Crippen LogP contribution in [0.2, 0.25) is 0 Å². The highest BCUT2D eigenvalue weighted by Crippen LogP contribution is 2.20. The van der Waals surface area contributed by atoms with Crippen molar-refractivity contribution in [2.45, 2.75) is 6.42 Å². The van der Waals surface area contributed by atoms with Gasteiger partial charge in [-0.25, -0.2) is 4.79 Å². The standard InChI is InChI=1S/C16H17N3O5/c1-23-13-9-11(16(21)22)4-3-10(13)7-8-17-15(20)12-5-6-14(24-2)19-18-12/h3-6,9H,7-8H2,1-2H3,(H,17,20)(H,21,22). The first kappa shape index (κ1) is 17.2.